The van der Waals surface area contributed by atoms with Gasteiger partial charge >= 0.3 is 0 Å². The molecule has 0 atom stereocenters. The van der Waals surface area contributed by atoms with E-state index in [1.807, 2.05) is 146 Å². The first-order chi connectivity index (χ1) is 28.0. The Balaban J connectivity index is 1.36. The third-order valence-corrected chi connectivity index (χ3v) is 17.1. The maximum Gasteiger partial charge on any atom is 0.171 e. The van der Waals surface area contributed by atoms with E-state index in [1.54, 1.807) is 0 Å². The van der Waals surface area contributed by atoms with Gasteiger partial charge in [-0.1, -0.05) is 213 Å². The molecule has 0 spiro atoms. The van der Waals surface area contributed by atoms with Crippen molar-refractivity contribution in [1.82, 2.24) is 0 Å². The first-order valence-electron chi connectivity index (χ1n) is 19.2. The molecular weight excluding hydrogens is 731 g/mol. The van der Waals surface area contributed by atoms with Gasteiger partial charge in [-0.2, -0.15) is 0 Å². The molecule has 2 nitrogen and oxygen atoms in total. The van der Waals surface area contributed by atoms with Crippen LogP contribution in [0.25, 0.3) is 28.3 Å². The lowest BCUT2D eigenvalue weighted by molar-refractivity contribution is 0.591. The molecule has 57 heavy (non-hydrogen) atoms. The highest BCUT2D eigenvalue weighted by Crippen LogP contribution is 2.52. The van der Waals surface area contributed by atoms with E-state index in [1.165, 1.54) is 0 Å². The standard InChI is InChI=1S/C53H40O2P2/c1-39-19-7-2-16-30-50(47-29-18-17-20-40(47)32-31-39)53-51-37-45(56(54,41-21-8-3-9-22-41)42-23-10-4-11-24-42)33-35-48(51)49-36-34-46(38-52(49)53)57(55,43-25-12-5-13-26-43)44-27-14-6-15-28-44/h2-29,31-38H,1,30H2/b16-2-,19-7-,32-31?. The summed E-state index contributed by atoms with van der Waals surface area (Å²) in [5, 5.41) is 4.68. The quantitative estimate of drug-likeness (QED) is 0.158. The summed E-state index contributed by atoms with van der Waals surface area (Å²) < 4.78 is 31.7. The van der Waals surface area contributed by atoms with Crippen molar-refractivity contribution in [1.29, 1.82) is 0 Å². The zero-order chi connectivity index (χ0) is 38.8. The first-order valence-corrected chi connectivity index (χ1v) is 22.6. The normalized spacial score (nSPS) is 14.9. The fraction of sp³-hybridized carbons (Fsp3) is 0.0189. The van der Waals surface area contributed by atoms with Crippen LogP contribution in [0.15, 0.2) is 225 Å². The lowest BCUT2D eigenvalue weighted by Crippen LogP contribution is -2.25. The molecule has 0 heterocycles. The van der Waals surface area contributed by atoms with Gasteiger partial charge in [0.05, 0.1) is 0 Å². The molecule has 0 amide bonds. The van der Waals surface area contributed by atoms with Crippen molar-refractivity contribution >= 4 is 63.3 Å². The predicted octanol–water partition coefficient (Wildman–Crippen LogP) is 11.0. The van der Waals surface area contributed by atoms with Gasteiger partial charge in [0, 0.05) is 31.8 Å². The zero-order valence-electron chi connectivity index (χ0n) is 31.4. The molecule has 7 aromatic rings. The second-order valence-corrected chi connectivity index (χ2v) is 19.9. The molecule has 7 aromatic carbocycles. The largest absolute Gasteiger partial charge is 0.309 e. The molecule has 9 rings (SSSR count). The second-order valence-electron chi connectivity index (χ2n) is 14.4. The molecule has 0 radical (unpaired) electrons. The van der Waals surface area contributed by atoms with Gasteiger partial charge in [-0.3, -0.25) is 0 Å². The Morgan fingerprint density at radius 3 is 1.30 bits per heavy atom. The van der Waals surface area contributed by atoms with Gasteiger partial charge in [0.15, 0.2) is 14.3 Å². The first kappa shape index (κ1) is 36.3. The van der Waals surface area contributed by atoms with E-state index in [2.05, 4.69) is 79.4 Å². The molecule has 2 aliphatic rings. The molecule has 0 fully saturated rings. The van der Waals surface area contributed by atoms with Crippen LogP contribution in [0.2, 0.25) is 0 Å². The van der Waals surface area contributed by atoms with Crippen LogP contribution >= 0.6 is 14.3 Å². The Hall–Kier alpha value is -6.30. The van der Waals surface area contributed by atoms with Gasteiger partial charge in [-0.15, -0.1) is 0 Å². The van der Waals surface area contributed by atoms with Crippen LogP contribution in [0.3, 0.4) is 0 Å². The minimum Gasteiger partial charge on any atom is -0.309 e. The summed E-state index contributed by atoms with van der Waals surface area (Å²) in [4.78, 5) is 0. The maximum atomic E-state index is 15.8. The third-order valence-electron chi connectivity index (χ3n) is 11.0. The summed E-state index contributed by atoms with van der Waals surface area (Å²) in [5.74, 6) is 0. The molecule has 0 saturated carbocycles. The molecule has 0 aromatic heterocycles. The van der Waals surface area contributed by atoms with Gasteiger partial charge in [0.1, 0.15) is 0 Å². The van der Waals surface area contributed by atoms with Gasteiger partial charge in [-0.05, 0) is 68.7 Å². The maximum absolute atomic E-state index is 15.8. The monoisotopic (exact) mass is 770 g/mol. The highest BCUT2D eigenvalue weighted by Gasteiger charge is 2.36. The molecule has 274 valence electrons. The van der Waals surface area contributed by atoms with Crippen molar-refractivity contribution in [2.24, 2.45) is 0 Å². The van der Waals surface area contributed by atoms with Gasteiger partial charge in [0.2, 0.25) is 0 Å². The number of hydrogen-bond donors (Lipinski definition) is 0. The summed E-state index contributed by atoms with van der Waals surface area (Å²) in [6.45, 7) is 4.24. The lowest BCUT2D eigenvalue weighted by atomic mass is 9.88. The molecule has 0 unspecified atom stereocenters. The van der Waals surface area contributed by atoms with Crippen molar-refractivity contribution in [3.63, 3.8) is 0 Å². The third kappa shape index (κ3) is 6.52. The fourth-order valence-electron chi connectivity index (χ4n) is 8.22. The number of hydrogen-bond acceptors (Lipinski definition) is 2. The van der Waals surface area contributed by atoms with Crippen molar-refractivity contribution in [3.05, 3.63) is 247 Å². The summed E-state index contributed by atoms with van der Waals surface area (Å²) >= 11 is 0. The van der Waals surface area contributed by atoms with E-state index in [0.29, 0.717) is 6.42 Å². The topological polar surface area (TPSA) is 34.1 Å². The summed E-state index contributed by atoms with van der Waals surface area (Å²) in [6, 6.07) is 60.6. The van der Waals surface area contributed by atoms with Gasteiger partial charge < -0.3 is 9.13 Å². The van der Waals surface area contributed by atoms with Gasteiger partial charge in [-0.25, -0.2) is 0 Å². The number of fused-ring (bicyclic) bond motifs is 4. The van der Waals surface area contributed by atoms with E-state index in [4.69, 9.17) is 0 Å². The van der Waals surface area contributed by atoms with Crippen molar-refractivity contribution in [2.45, 2.75) is 6.42 Å². The Morgan fingerprint density at radius 2 is 0.825 bits per heavy atom. The summed E-state index contributed by atoms with van der Waals surface area (Å²) in [5.41, 5.74) is 9.41. The number of allylic oxidation sites excluding steroid dienone is 7. The molecule has 2 aliphatic carbocycles. The smallest absolute Gasteiger partial charge is 0.171 e. The van der Waals surface area contributed by atoms with Crippen molar-refractivity contribution < 1.29 is 9.13 Å². The minimum atomic E-state index is -3.30. The molecular formula is C53H40O2P2. The lowest BCUT2D eigenvalue weighted by Gasteiger charge is -2.22. The van der Waals surface area contributed by atoms with E-state index in [9.17, 15) is 0 Å². The molecule has 0 bridgehead atoms. The Kier molecular flexibility index (Phi) is 9.77. The van der Waals surface area contributed by atoms with Crippen LogP contribution in [0, 0.1) is 0 Å². The highest BCUT2D eigenvalue weighted by atomic mass is 31.2. The van der Waals surface area contributed by atoms with E-state index >= 15 is 9.13 Å². The fourth-order valence-corrected chi connectivity index (χ4v) is 13.6. The second kappa shape index (κ2) is 15.3. The number of rotatable bonds is 6. The van der Waals surface area contributed by atoms with E-state index < -0.39 is 14.3 Å². The predicted molar refractivity (Wildman–Crippen MR) is 244 cm³/mol. The van der Waals surface area contributed by atoms with Crippen molar-refractivity contribution in [3.8, 4) is 11.1 Å². The summed E-state index contributed by atoms with van der Waals surface area (Å²) in [7, 11) is -6.61. The van der Waals surface area contributed by atoms with E-state index in [0.717, 1.165) is 81.9 Å². The summed E-state index contributed by atoms with van der Waals surface area (Å²) in [6.07, 6.45) is 13.1. The van der Waals surface area contributed by atoms with Crippen LogP contribution in [-0.4, -0.2) is 0 Å². The Morgan fingerprint density at radius 1 is 0.386 bits per heavy atom. The van der Waals surface area contributed by atoms with E-state index in [-0.39, 0.29) is 0 Å². The van der Waals surface area contributed by atoms with Crippen LogP contribution in [0.4, 0.5) is 0 Å². The molecule has 0 saturated heterocycles. The molecule has 0 N–H and O–H groups in total. The SMILES string of the molecule is C=C1C=Cc2ccccc2C(=C2c3cc(P(=O)(c4ccccc4)c4ccccc4)ccc3-c3ccc(P(=O)(c4ccccc4)c4ccccc4)cc32)C/C=C\C=C/1. The highest BCUT2D eigenvalue weighted by molar-refractivity contribution is 7.85. The zero-order valence-corrected chi connectivity index (χ0v) is 33.2. The van der Waals surface area contributed by atoms with Crippen molar-refractivity contribution in [2.75, 3.05) is 0 Å². The average molecular weight is 771 g/mol. The van der Waals surface area contributed by atoms with Crippen LogP contribution < -0.4 is 31.8 Å². The van der Waals surface area contributed by atoms with Crippen LogP contribution in [0.1, 0.15) is 28.7 Å². The average Bonchev–Trinajstić information content (AvgIpc) is 3.58. The Bertz CT molecular complexity index is 2630. The minimum absolute atomic E-state index is 0.633. The number of benzene rings is 7. The van der Waals surface area contributed by atoms with Crippen LogP contribution in [-0.2, 0) is 9.13 Å². The molecule has 4 heteroatoms. The molecule has 0 aliphatic heterocycles. The Labute approximate surface area is 335 Å². The van der Waals surface area contributed by atoms with Gasteiger partial charge in [0.25, 0.3) is 0 Å². The van der Waals surface area contributed by atoms with Crippen LogP contribution in [0.5, 0.6) is 0 Å².